The molecule has 0 aromatic carbocycles. The van der Waals surface area contributed by atoms with Crippen molar-refractivity contribution in [2.75, 3.05) is 33.4 Å². The number of aryl methyl sites for hydroxylation is 1. The van der Waals surface area contributed by atoms with Crippen LogP contribution in [0.15, 0.2) is 0 Å². The van der Waals surface area contributed by atoms with Gasteiger partial charge in [0.25, 0.3) is 0 Å². The molecule has 3 N–H and O–H groups in total. The summed E-state index contributed by atoms with van der Waals surface area (Å²) in [6.07, 6.45) is 4.86. The summed E-state index contributed by atoms with van der Waals surface area (Å²) in [5.41, 5.74) is 0.432. The summed E-state index contributed by atoms with van der Waals surface area (Å²) in [5.74, 6) is 0.937. The number of methoxy groups -OCH3 is 1. The first-order valence-electron chi connectivity index (χ1n) is 9.28. The second-order valence-electron chi connectivity index (χ2n) is 7.19. The zero-order valence-electron chi connectivity index (χ0n) is 15.4. The van der Waals surface area contributed by atoms with E-state index in [0.29, 0.717) is 31.3 Å². The molecule has 0 radical (unpaired) electrons. The second-order valence-corrected chi connectivity index (χ2v) is 7.55. The fourth-order valence-corrected chi connectivity index (χ4v) is 3.86. The lowest BCUT2D eigenvalue weighted by Gasteiger charge is -2.45. The Morgan fingerprint density at radius 3 is 2.92 bits per heavy atom. The third-order valence-corrected chi connectivity index (χ3v) is 5.54. The van der Waals surface area contributed by atoms with Crippen molar-refractivity contribution in [2.45, 2.75) is 58.1 Å². The normalized spacial score (nSPS) is 24.8. The van der Waals surface area contributed by atoms with E-state index in [2.05, 4.69) is 21.8 Å². The number of halogens is 1. The largest absolute Gasteiger partial charge is 0.396 e. The van der Waals surface area contributed by atoms with Crippen molar-refractivity contribution < 1.29 is 14.9 Å². The molecule has 7 heteroatoms. The van der Waals surface area contributed by atoms with Gasteiger partial charge in [0.1, 0.15) is 5.82 Å². The lowest BCUT2D eigenvalue weighted by atomic mass is 9.74. The van der Waals surface area contributed by atoms with E-state index in [1.165, 1.54) is 0 Å². The fourth-order valence-electron chi connectivity index (χ4n) is 3.66. The second kappa shape index (κ2) is 9.88. The first kappa shape index (κ1) is 20.6. The Kier molecular flexibility index (Phi) is 8.16. The van der Waals surface area contributed by atoms with Crippen LogP contribution in [0.3, 0.4) is 0 Å². The number of hydrogen-bond acceptors (Lipinski definition) is 5. The lowest BCUT2D eigenvalue weighted by molar-refractivity contribution is -0.0845. The predicted molar refractivity (Wildman–Crippen MR) is 98.7 cm³/mol. The van der Waals surface area contributed by atoms with E-state index in [0.717, 1.165) is 50.2 Å². The van der Waals surface area contributed by atoms with E-state index in [1.54, 1.807) is 7.11 Å². The number of nitrogens with one attached hydrogen (secondary N) is 1. The molecule has 1 saturated heterocycles. The molecule has 0 aliphatic carbocycles. The van der Waals surface area contributed by atoms with Crippen LogP contribution in [-0.2, 0) is 17.7 Å². The van der Waals surface area contributed by atoms with Gasteiger partial charge in [-0.3, -0.25) is 4.90 Å². The van der Waals surface area contributed by atoms with Crippen LogP contribution in [0.25, 0.3) is 0 Å². The average Bonchev–Trinajstić information content (AvgIpc) is 2.95. The summed E-state index contributed by atoms with van der Waals surface area (Å²) in [5, 5.41) is 21.0. The number of piperidine rings is 1. The number of H-pyrrole nitrogens is 1. The van der Waals surface area contributed by atoms with Crippen molar-refractivity contribution in [3.8, 4) is 0 Å². The lowest BCUT2D eigenvalue weighted by Crippen LogP contribution is -2.53. The van der Waals surface area contributed by atoms with Gasteiger partial charge < -0.3 is 19.9 Å². The van der Waals surface area contributed by atoms with Gasteiger partial charge in [-0.1, -0.05) is 24.9 Å². The number of aromatic nitrogens is 2. The standard InChI is InChI=1S/C18H32ClN3O3/c1-3-4-6-16-20-14(17(19)21-16)11-22-9-7-15(24)18(12-22,13-23)8-5-10-25-2/h15,23-24H,3-13H2,1-2H3,(H,20,21)/t15-,18+/m1/s1. The molecule has 25 heavy (non-hydrogen) atoms. The molecule has 1 aliphatic rings. The summed E-state index contributed by atoms with van der Waals surface area (Å²) in [6, 6.07) is 0. The van der Waals surface area contributed by atoms with Crippen molar-refractivity contribution >= 4 is 11.6 Å². The van der Waals surface area contributed by atoms with Crippen LogP contribution in [0, 0.1) is 5.41 Å². The Balaban J connectivity index is 2.01. The van der Waals surface area contributed by atoms with E-state index in [9.17, 15) is 10.2 Å². The number of rotatable bonds is 10. The highest BCUT2D eigenvalue weighted by Crippen LogP contribution is 2.35. The minimum Gasteiger partial charge on any atom is -0.396 e. The van der Waals surface area contributed by atoms with Gasteiger partial charge in [-0.15, -0.1) is 0 Å². The van der Waals surface area contributed by atoms with Gasteiger partial charge >= 0.3 is 0 Å². The molecular weight excluding hydrogens is 342 g/mol. The number of ether oxygens (including phenoxy) is 1. The average molecular weight is 374 g/mol. The number of aromatic amines is 1. The summed E-state index contributed by atoms with van der Waals surface area (Å²) in [6.45, 7) is 4.87. The maximum atomic E-state index is 10.5. The Bertz CT molecular complexity index is 526. The molecule has 1 aliphatic heterocycles. The number of unbranched alkanes of at least 4 members (excludes halogenated alkanes) is 1. The number of hydrogen-bond donors (Lipinski definition) is 3. The van der Waals surface area contributed by atoms with E-state index in [1.807, 2.05) is 0 Å². The van der Waals surface area contributed by atoms with Crippen molar-refractivity contribution in [3.63, 3.8) is 0 Å². The van der Waals surface area contributed by atoms with Gasteiger partial charge in [-0.05, 0) is 25.7 Å². The molecule has 0 amide bonds. The zero-order chi connectivity index (χ0) is 18.3. The molecule has 2 atom stereocenters. The number of aliphatic hydroxyl groups excluding tert-OH is 2. The molecule has 1 aromatic rings. The molecule has 0 spiro atoms. The Hall–Kier alpha value is -0.660. The molecular formula is C18H32ClN3O3. The van der Waals surface area contributed by atoms with E-state index in [4.69, 9.17) is 16.3 Å². The molecule has 1 aromatic heterocycles. The molecule has 6 nitrogen and oxygen atoms in total. The first-order chi connectivity index (χ1) is 12.0. The minimum absolute atomic E-state index is 0.0210. The van der Waals surface area contributed by atoms with E-state index >= 15 is 0 Å². The number of likely N-dealkylation sites (tertiary alicyclic amines) is 1. The minimum atomic E-state index is -0.492. The molecule has 0 unspecified atom stereocenters. The van der Waals surface area contributed by atoms with Crippen LogP contribution >= 0.6 is 11.6 Å². The molecule has 144 valence electrons. The van der Waals surface area contributed by atoms with E-state index < -0.39 is 11.5 Å². The van der Waals surface area contributed by atoms with Crippen molar-refractivity contribution in [2.24, 2.45) is 5.41 Å². The van der Waals surface area contributed by atoms with Gasteiger partial charge in [0.05, 0.1) is 18.4 Å². The molecule has 0 bridgehead atoms. The van der Waals surface area contributed by atoms with Crippen molar-refractivity contribution in [3.05, 3.63) is 16.7 Å². The molecule has 1 fully saturated rings. The highest BCUT2D eigenvalue weighted by molar-refractivity contribution is 6.30. The maximum Gasteiger partial charge on any atom is 0.151 e. The summed E-state index contributed by atoms with van der Waals surface area (Å²) < 4.78 is 5.12. The van der Waals surface area contributed by atoms with Crippen LogP contribution in [0.5, 0.6) is 0 Å². The monoisotopic (exact) mass is 373 g/mol. The Morgan fingerprint density at radius 2 is 2.24 bits per heavy atom. The predicted octanol–water partition coefficient (Wildman–Crippen LogP) is 2.38. The van der Waals surface area contributed by atoms with Gasteiger partial charge in [-0.25, -0.2) is 4.98 Å². The first-order valence-corrected chi connectivity index (χ1v) is 9.66. The van der Waals surface area contributed by atoms with Crippen LogP contribution in [0.4, 0.5) is 0 Å². The quantitative estimate of drug-likeness (QED) is 0.548. The summed E-state index contributed by atoms with van der Waals surface area (Å²) >= 11 is 6.29. The number of nitrogens with zero attached hydrogens (tertiary/aromatic N) is 2. The third kappa shape index (κ3) is 5.41. The van der Waals surface area contributed by atoms with Crippen LogP contribution in [0.1, 0.15) is 50.5 Å². The highest BCUT2D eigenvalue weighted by Gasteiger charge is 2.42. The van der Waals surface area contributed by atoms with Crippen molar-refractivity contribution in [1.82, 2.24) is 14.9 Å². The topological polar surface area (TPSA) is 81.6 Å². The van der Waals surface area contributed by atoms with Gasteiger partial charge in [0.15, 0.2) is 5.15 Å². The Labute approximate surface area is 155 Å². The third-order valence-electron chi connectivity index (χ3n) is 5.23. The number of aliphatic hydroxyl groups is 2. The zero-order valence-corrected chi connectivity index (χ0v) is 16.2. The van der Waals surface area contributed by atoms with Crippen LogP contribution < -0.4 is 0 Å². The molecule has 2 rings (SSSR count). The van der Waals surface area contributed by atoms with E-state index in [-0.39, 0.29) is 6.61 Å². The molecule has 2 heterocycles. The summed E-state index contributed by atoms with van der Waals surface area (Å²) in [7, 11) is 1.67. The highest BCUT2D eigenvalue weighted by atomic mass is 35.5. The van der Waals surface area contributed by atoms with Gasteiger partial charge in [0.2, 0.25) is 0 Å². The Morgan fingerprint density at radius 1 is 1.44 bits per heavy atom. The smallest absolute Gasteiger partial charge is 0.151 e. The summed E-state index contributed by atoms with van der Waals surface area (Å²) in [4.78, 5) is 10.0. The van der Waals surface area contributed by atoms with Crippen LogP contribution in [-0.4, -0.2) is 64.6 Å². The SMILES string of the molecule is CCCCc1nc(Cl)c(CN2CC[C@@H](O)[C@@](CO)(CCCOC)C2)[nH]1. The van der Waals surface area contributed by atoms with Gasteiger partial charge in [0, 0.05) is 45.2 Å². The van der Waals surface area contributed by atoms with Crippen LogP contribution in [0.2, 0.25) is 5.15 Å². The van der Waals surface area contributed by atoms with Crippen molar-refractivity contribution in [1.29, 1.82) is 0 Å². The fraction of sp³-hybridized carbons (Fsp3) is 0.833. The van der Waals surface area contributed by atoms with Gasteiger partial charge in [-0.2, -0.15) is 0 Å². The molecule has 0 saturated carbocycles. The maximum absolute atomic E-state index is 10.5. The number of imidazole rings is 1.